The normalized spacial score (nSPS) is 11.2. The zero-order valence-corrected chi connectivity index (χ0v) is 19.3. The van der Waals surface area contributed by atoms with Crippen LogP contribution in [0.4, 0.5) is 0 Å². The van der Waals surface area contributed by atoms with Crippen molar-refractivity contribution in [3.8, 4) is 0 Å². The number of aliphatic hydroxyl groups is 1. The van der Waals surface area contributed by atoms with E-state index < -0.39 is 11.6 Å². The van der Waals surface area contributed by atoms with Crippen LogP contribution in [0.25, 0.3) is 0 Å². The molecular formula is C24H51NO3. The van der Waals surface area contributed by atoms with Gasteiger partial charge in [0.15, 0.2) is 0 Å². The topological polar surface area (TPSA) is 83.5 Å². The summed E-state index contributed by atoms with van der Waals surface area (Å²) in [6, 6.07) is 0. The fraction of sp³-hybridized carbons (Fsp3) is 0.958. The summed E-state index contributed by atoms with van der Waals surface area (Å²) in [6.07, 6.45) is 21.7. The Balaban J connectivity index is 0. The highest BCUT2D eigenvalue weighted by Gasteiger charge is 2.18. The molecule has 0 rings (SSSR count). The van der Waals surface area contributed by atoms with Gasteiger partial charge in [-0.1, -0.05) is 111 Å². The van der Waals surface area contributed by atoms with Crippen LogP contribution in [-0.2, 0) is 4.79 Å². The molecule has 0 heterocycles. The summed E-state index contributed by atoms with van der Waals surface area (Å²) in [5, 5.41) is 17.8. The molecule has 0 aromatic rings. The first-order valence-electron chi connectivity index (χ1n) is 12.1. The fourth-order valence-electron chi connectivity index (χ4n) is 3.19. The lowest BCUT2D eigenvalue weighted by Gasteiger charge is -2.21. The van der Waals surface area contributed by atoms with Crippen LogP contribution in [0, 0.1) is 0 Å². The molecule has 0 aromatic heterocycles. The number of hydrogen-bond acceptors (Lipinski definition) is 3. The monoisotopic (exact) mass is 401 g/mol. The van der Waals surface area contributed by atoms with E-state index in [2.05, 4.69) is 6.92 Å². The summed E-state index contributed by atoms with van der Waals surface area (Å²) in [7, 11) is 0. The van der Waals surface area contributed by atoms with Crippen molar-refractivity contribution in [1.29, 1.82) is 0 Å². The van der Waals surface area contributed by atoms with Gasteiger partial charge in [-0.05, 0) is 19.3 Å². The first kappa shape index (κ1) is 29.6. The molecule has 170 valence electrons. The van der Waals surface area contributed by atoms with E-state index in [9.17, 15) is 9.90 Å². The predicted molar refractivity (Wildman–Crippen MR) is 122 cm³/mol. The molecule has 0 aliphatic heterocycles. The van der Waals surface area contributed by atoms with Gasteiger partial charge in [-0.15, -0.1) is 0 Å². The minimum Gasteiger partial charge on any atom is -0.481 e. The third-order valence-corrected chi connectivity index (χ3v) is 5.69. The largest absolute Gasteiger partial charge is 0.481 e. The number of carboxylic acids is 1. The Morgan fingerprint density at radius 3 is 1.21 bits per heavy atom. The van der Waals surface area contributed by atoms with Crippen molar-refractivity contribution in [3.05, 3.63) is 0 Å². The zero-order valence-electron chi connectivity index (χ0n) is 19.3. The van der Waals surface area contributed by atoms with Crippen LogP contribution in [0.1, 0.15) is 136 Å². The number of nitrogens with two attached hydrogens (primary N) is 1. The van der Waals surface area contributed by atoms with Crippen molar-refractivity contribution >= 4 is 5.97 Å². The maximum absolute atomic E-state index is 10.3. The van der Waals surface area contributed by atoms with E-state index in [4.69, 9.17) is 10.8 Å². The highest BCUT2D eigenvalue weighted by molar-refractivity contribution is 5.66. The van der Waals surface area contributed by atoms with Crippen LogP contribution in [-0.4, -0.2) is 28.3 Å². The predicted octanol–water partition coefficient (Wildman–Crippen LogP) is 6.83. The third kappa shape index (κ3) is 23.4. The van der Waals surface area contributed by atoms with Gasteiger partial charge in [-0.2, -0.15) is 0 Å². The number of carbonyl (C=O) groups is 1. The second kappa shape index (κ2) is 22.7. The van der Waals surface area contributed by atoms with Crippen molar-refractivity contribution in [3.63, 3.8) is 0 Å². The molecule has 0 bridgehead atoms. The Kier molecular flexibility index (Phi) is 24.0. The number of rotatable bonds is 19. The summed E-state index contributed by atoms with van der Waals surface area (Å²) in [4.78, 5) is 10.3. The number of unbranched alkanes of at least 4 members (excludes halogenated alkanes) is 14. The van der Waals surface area contributed by atoms with Crippen LogP contribution in [0.5, 0.6) is 0 Å². The van der Waals surface area contributed by atoms with E-state index in [1.807, 2.05) is 13.8 Å². The summed E-state index contributed by atoms with van der Waals surface area (Å²) in [5.74, 6) is -0.653. The molecule has 0 aromatic carbocycles. The average Bonchev–Trinajstić information content (AvgIpc) is 2.70. The van der Waals surface area contributed by atoms with Gasteiger partial charge >= 0.3 is 5.97 Å². The molecule has 0 radical (unpaired) electrons. The van der Waals surface area contributed by atoms with E-state index in [1.165, 1.54) is 83.5 Å². The quantitative estimate of drug-likeness (QED) is 0.207. The molecular weight excluding hydrogens is 350 g/mol. The van der Waals surface area contributed by atoms with E-state index in [-0.39, 0.29) is 0 Å². The number of carboxylic acid groups (broad SMARTS) is 1. The van der Waals surface area contributed by atoms with E-state index in [1.54, 1.807) is 0 Å². The average molecular weight is 402 g/mol. The highest BCUT2D eigenvalue weighted by atomic mass is 16.4. The third-order valence-electron chi connectivity index (χ3n) is 5.69. The van der Waals surface area contributed by atoms with Gasteiger partial charge in [0.25, 0.3) is 0 Å². The van der Waals surface area contributed by atoms with Crippen molar-refractivity contribution in [2.45, 2.75) is 142 Å². The molecule has 0 aliphatic rings. The standard InChI is InChI=1S/C18H36O2.C6H15NO/c1-2-3-4-5-6-7-8-9-10-11-12-13-14-15-16-17-18(19)20;1-3-6(8,4-2)5-7/h2-17H2,1H3,(H,19,20);8H,3-5,7H2,1-2H3. The van der Waals surface area contributed by atoms with Crippen LogP contribution < -0.4 is 5.73 Å². The molecule has 28 heavy (non-hydrogen) atoms. The molecule has 0 fully saturated rings. The lowest BCUT2D eigenvalue weighted by molar-refractivity contribution is -0.137. The van der Waals surface area contributed by atoms with E-state index >= 15 is 0 Å². The van der Waals surface area contributed by atoms with Gasteiger partial charge in [-0.25, -0.2) is 0 Å². The summed E-state index contributed by atoms with van der Waals surface area (Å²) >= 11 is 0. The molecule has 0 atom stereocenters. The first-order valence-corrected chi connectivity index (χ1v) is 12.1. The Morgan fingerprint density at radius 1 is 0.679 bits per heavy atom. The molecule has 0 aliphatic carbocycles. The van der Waals surface area contributed by atoms with Gasteiger partial charge in [0, 0.05) is 13.0 Å². The Hall–Kier alpha value is -0.610. The van der Waals surface area contributed by atoms with Gasteiger partial charge in [0.1, 0.15) is 0 Å². The van der Waals surface area contributed by atoms with Gasteiger partial charge in [-0.3, -0.25) is 4.79 Å². The fourth-order valence-corrected chi connectivity index (χ4v) is 3.19. The smallest absolute Gasteiger partial charge is 0.303 e. The maximum Gasteiger partial charge on any atom is 0.303 e. The van der Waals surface area contributed by atoms with Crippen LogP contribution in [0.3, 0.4) is 0 Å². The summed E-state index contributed by atoms with van der Waals surface area (Å²) in [5.41, 5.74) is 4.68. The Morgan fingerprint density at radius 2 is 1.00 bits per heavy atom. The van der Waals surface area contributed by atoms with Gasteiger partial charge in [0.05, 0.1) is 5.60 Å². The van der Waals surface area contributed by atoms with Crippen LogP contribution >= 0.6 is 0 Å². The molecule has 4 nitrogen and oxygen atoms in total. The molecule has 0 spiro atoms. The van der Waals surface area contributed by atoms with E-state index in [0.29, 0.717) is 13.0 Å². The molecule has 0 saturated heterocycles. The first-order chi connectivity index (χ1) is 13.5. The number of hydrogen-bond donors (Lipinski definition) is 3. The van der Waals surface area contributed by atoms with Crippen molar-refractivity contribution < 1.29 is 15.0 Å². The second-order valence-corrected chi connectivity index (χ2v) is 8.23. The van der Waals surface area contributed by atoms with Crippen molar-refractivity contribution in [2.75, 3.05) is 6.54 Å². The van der Waals surface area contributed by atoms with Crippen LogP contribution in [0.15, 0.2) is 0 Å². The van der Waals surface area contributed by atoms with Crippen LogP contribution in [0.2, 0.25) is 0 Å². The minimum absolute atomic E-state index is 0.345. The molecule has 0 saturated carbocycles. The van der Waals surface area contributed by atoms with Gasteiger partial charge in [0.2, 0.25) is 0 Å². The molecule has 0 unspecified atom stereocenters. The lowest BCUT2D eigenvalue weighted by Crippen LogP contribution is -2.35. The Labute approximate surface area is 175 Å². The Bertz CT molecular complexity index is 309. The molecule has 4 N–H and O–H groups in total. The van der Waals surface area contributed by atoms with Gasteiger partial charge < -0.3 is 15.9 Å². The highest BCUT2D eigenvalue weighted by Crippen LogP contribution is 2.13. The summed E-state index contributed by atoms with van der Waals surface area (Å²) < 4.78 is 0. The van der Waals surface area contributed by atoms with Crippen molar-refractivity contribution in [1.82, 2.24) is 0 Å². The minimum atomic E-state index is -0.653. The van der Waals surface area contributed by atoms with E-state index in [0.717, 1.165) is 25.7 Å². The SMILES string of the molecule is CCC(O)(CC)CN.CCCCCCCCCCCCCCCCCC(=O)O. The lowest BCUT2D eigenvalue weighted by atomic mass is 9.98. The van der Waals surface area contributed by atoms with Crippen molar-refractivity contribution in [2.24, 2.45) is 5.73 Å². The second-order valence-electron chi connectivity index (χ2n) is 8.23. The summed E-state index contributed by atoms with van der Waals surface area (Å²) in [6.45, 7) is 6.53. The number of aliphatic carboxylic acids is 1. The maximum atomic E-state index is 10.3. The molecule has 4 heteroatoms. The zero-order chi connectivity index (χ0) is 21.5. The molecule has 0 amide bonds.